The monoisotopic (exact) mass is 883 g/mol. The molecule has 8 N–H and O–H groups in total. The van der Waals surface area contributed by atoms with Crippen LogP contribution in [0.2, 0.25) is 0 Å². The summed E-state index contributed by atoms with van der Waals surface area (Å²) in [6.07, 6.45) is 3.98. The number of urea groups is 1. The molecule has 0 unspecified atom stereocenters. The van der Waals surface area contributed by atoms with E-state index in [1.54, 1.807) is 65.6 Å². The second-order valence-corrected chi connectivity index (χ2v) is 14.3. The van der Waals surface area contributed by atoms with Gasteiger partial charge in [0.05, 0.1) is 0 Å². The third kappa shape index (κ3) is 10.9. The lowest BCUT2D eigenvalue weighted by atomic mass is 9.78. The van der Waals surface area contributed by atoms with Crippen molar-refractivity contribution in [2.75, 3.05) is 41.7 Å². The topological polar surface area (TPSA) is 169 Å². The van der Waals surface area contributed by atoms with Gasteiger partial charge < -0.3 is 42.1 Å². The molecule has 4 aromatic rings. The van der Waals surface area contributed by atoms with E-state index in [2.05, 4.69) is 21.3 Å². The Balaban J connectivity index is 0.000000180. The van der Waals surface area contributed by atoms with Crippen LogP contribution in [0.1, 0.15) is 71.7 Å². The Morgan fingerprint density at radius 2 is 1.23 bits per heavy atom. The van der Waals surface area contributed by atoms with Crippen LogP contribution in [-0.4, -0.2) is 74.9 Å². The number of piperidine rings is 2. The van der Waals surface area contributed by atoms with Gasteiger partial charge in [-0.2, -0.15) is 0 Å². The number of carbonyl (C=O) groups is 3. The number of carbonyl (C=O) groups excluding carboxylic acids is 3. The van der Waals surface area contributed by atoms with Crippen molar-refractivity contribution in [3.8, 4) is 11.5 Å². The van der Waals surface area contributed by atoms with Crippen molar-refractivity contribution in [1.82, 2.24) is 15.5 Å². The number of nitrogens with two attached hydrogens (primary N) is 1. The molecule has 0 radical (unpaired) electrons. The van der Waals surface area contributed by atoms with Gasteiger partial charge in [0.15, 0.2) is 11.6 Å². The van der Waals surface area contributed by atoms with Crippen molar-refractivity contribution in [2.24, 2.45) is 5.73 Å². The second kappa shape index (κ2) is 19.4. The largest absolute Gasteiger partial charge is 0.508 e. The smallest absolute Gasteiger partial charge is 0.317 e. The van der Waals surface area contributed by atoms with E-state index in [0.29, 0.717) is 73.6 Å². The van der Waals surface area contributed by atoms with Crippen LogP contribution in [0, 0.1) is 11.6 Å². The first-order valence-electron chi connectivity index (χ1n) is 19.1. The summed E-state index contributed by atoms with van der Waals surface area (Å²) in [5.41, 5.74) is 9.11. The first-order chi connectivity index (χ1) is 27.4. The summed E-state index contributed by atoms with van der Waals surface area (Å²) < 4.78 is 32.7. The SMILES string of the molecule is NCc1ccc(O)cc1.O=C1CC2(CCN(C(=O)NCc3ccc(O)cc3)CC2)Nc2ccc(F)cc21.O=C1CC2(CCNCC2)Nc2ccc(F)cc21.[2H]CI. The summed E-state index contributed by atoms with van der Waals surface area (Å²) in [6, 6.07) is 22.1. The maximum Gasteiger partial charge on any atom is 0.317 e. The molecule has 11 nitrogen and oxygen atoms in total. The maximum atomic E-state index is 13.4. The van der Waals surface area contributed by atoms with Gasteiger partial charge in [0.2, 0.25) is 0 Å². The number of alkyl halides is 1. The maximum absolute atomic E-state index is 13.4. The van der Waals surface area contributed by atoms with Gasteiger partial charge >= 0.3 is 6.03 Å². The summed E-state index contributed by atoms with van der Waals surface area (Å²) in [5.74, 6) is -0.286. The number of hydrogen-bond donors (Lipinski definition) is 7. The van der Waals surface area contributed by atoms with Crippen molar-refractivity contribution in [1.29, 1.82) is 0 Å². The highest BCUT2D eigenvalue weighted by molar-refractivity contribution is 14.1. The fourth-order valence-corrected chi connectivity index (χ4v) is 7.36. The zero-order valence-corrected chi connectivity index (χ0v) is 33.2. The molecule has 0 aliphatic carbocycles. The molecule has 2 saturated heterocycles. The van der Waals surface area contributed by atoms with Gasteiger partial charge in [0, 0.05) is 74.0 Å². The summed E-state index contributed by atoms with van der Waals surface area (Å²) in [6.45, 7) is 3.85. The Morgan fingerprint density at radius 3 is 1.70 bits per heavy atom. The Hall–Kier alpha value is -4.80. The number of halogens is 3. The summed E-state index contributed by atoms with van der Waals surface area (Å²) in [5, 5.41) is 31.2. The Labute approximate surface area is 341 Å². The van der Waals surface area contributed by atoms with Gasteiger partial charge in [0.1, 0.15) is 23.1 Å². The normalized spacial score (nSPS) is 17.4. The standard InChI is InChI=1S/C21H22FN3O3.C13H15FN2O.C7H9NO.CH3I/c22-15-3-6-18-17(11-15)19(27)12-21(24-18)7-9-25(10-8-21)20(28)23-13-14-1-4-16(26)5-2-14;14-9-1-2-11-10(7-9)12(17)8-13(16-11)3-5-15-6-4-13;8-5-6-1-3-7(9)4-2-6;1-2/h1-6,11,24,26H,7-10,12-13H2,(H,23,28);1-2,7,15-16H,3-6,8H2;1-4,9H,5,8H2;1H3/i;;;1D. The van der Waals surface area contributed by atoms with Gasteiger partial charge in [-0.25, -0.2) is 13.6 Å². The van der Waals surface area contributed by atoms with Crippen molar-refractivity contribution < 1.29 is 34.7 Å². The molecular weight excluding hydrogens is 833 g/mol. The Kier molecular flexibility index (Phi) is 14.1. The number of ketones is 2. The number of anilines is 2. The number of amides is 2. The molecule has 0 bridgehead atoms. The predicted octanol–water partition coefficient (Wildman–Crippen LogP) is 7.12. The van der Waals surface area contributed by atoms with Crippen molar-refractivity contribution in [3.05, 3.63) is 119 Å². The van der Waals surface area contributed by atoms with E-state index in [1.807, 2.05) is 22.6 Å². The lowest BCUT2D eigenvalue weighted by Gasteiger charge is -2.45. The molecule has 0 atom stereocenters. The number of Topliss-reactive ketones (excluding diaryl/α,β-unsaturated/α-hetero) is 2. The fraction of sp³-hybridized carbons (Fsp3) is 0.357. The van der Waals surface area contributed by atoms with Crippen LogP contribution >= 0.6 is 22.6 Å². The van der Waals surface area contributed by atoms with Crippen molar-refractivity contribution in [2.45, 2.75) is 62.7 Å². The summed E-state index contributed by atoms with van der Waals surface area (Å²) in [7, 11) is 0. The molecular formula is C42H49F2IN6O5. The van der Waals surface area contributed by atoms with E-state index in [0.717, 1.165) is 42.7 Å². The third-order valence-corrected chi connectivity index (χ3v) is 10.5. The summed E-state index contributed by atoms with van der Waals surface area (Å²) >= 11 is 1.96. The number of nitrogens with one attached hydrogen (secondary N) is 4. The number of phenolic OH excluding ortho intramolecular Hbond substituents is 2. The van der Waals surface area contributed by atoms with E-state index in [-0.39, 0.29) is 46.0 Å². The minimum absolute atomic E-state index is 0.0557. The lowest BCUT2D eigenvalue weighted by Crippen LogP contribution is -2.55. The van der Waals surface area contributed by atoms with Crippen LogP contribution in [0.5, 0.6) is 11.5 Å². The summed E-state index contributed by atoms with van der Waals surface area (Å²) in [4.78, 5) is 39.2. The molecule has 4 heterocycles. The zero-order chi connectivity index (χ0) is 41.0. The lowest BCUT2D eigenvalue weighted by molar-refractivity contribution is 0.0911. The molecule has 8 rings (SSSR count). The average molecular weight is 884 g/mol. The molecule has 0 aromatic heterocycles. The van der Waals surface area contributed by atoms with E-state index in [9.17, 15) is 28.3 Å². The zero-order valence-electron chi connectivity index (χ0n) is 32.1. The first kappa shape index (κ1) is 40.9. The van der Waals surface area contributed by atoms with Crippen molar-refractivity contribution >= 4 is 51.6 Å². The van der Waals surface area contributed by atoms with Crippen LogP contribution in [0.15, 0.2) is 84.9 Å². The van der Waals surface area contributed by atoms with Gasteiger partial charge in [-0.3, -0.25) is 9.59 Å². The number of aromatic hydroxyl groups is 2. The minimum atomic E-state index is -0.412. The van der Waals surface area contributed by atoms with E-state index in [1.165, 1.54) is 24.3 Å². The second-order valence-electron chi connectivity index (χ2n) is 14.3. The molecule has 14 heteroatoms. The van der Waals surface area contributed by atoms with Gasteiger partial charge in [-0.05, 0) is 115 Å². The van der Waals surface area contributed by atoms with Crippen LogP contribution < -0.4 is 27.0 Å². The highest BCUT2D eigenvalue weighted by Gasteiger charge is 2.42. The van der Waals surface area contributed by atoms with Gasteiger partial charge in [-0.15, -0.1) is 0 Å². The molecule has 56 heavy (non-hydrogen) atoms. The number of hydrogen-bond acceptors (Lipinski definition) is 9. The van der Waals surface area contributed by atoms with Gasteiger partial charge in [-0.1, -0.05) is 46.9 Å². The number of rotatable bonds is 3. The van der Waals surface area contributed by atoms with Crippen LogP contribution in [0.3, 0.4) is 0 Å². The highest BCUT2D eigenvalue weighted by Crippen LogP contribution is 2.38. The Bertz CT molecular complexity index is 1990. The van der Waals surface area contributed by atoms with E-state index in [4.69, 9.17) is 12.2 Å². The van der Waals surface area contributed by atoms with E-state index >= 15 is 0 Å². The Morgan fingerprint density at radius 1 is 0.786 bits per heavy atom. The van der Waals surface area contributed by atoms with Crippen LogP contribution in [-0.2, 0) is 13.1 Å². The molecule has 2 fully saturated rings. The van der Waals surface area contributed by atoms with Gasteiger partial charge in [0.25, 0.3) is 0 Å². The predicted molar refractivity (Wildman–Crippen MR) is 223 cm³/mol. The molecule has 4 aliphatic rings. The number of benzene rings is 4. The molecule has 2 spiro atoms. The van der Waals surface area contributed by atoms with E-state index < -0.39 is 5.82 Å². The highest BCUT2D eigenvalue weighted by atomic mass is 127. The van der Waals surface area contributed by atoms with Crippen molar-refractivity contribution in [3.63, 3.8) is 0 Å². The third-order valence-electron chi connectivity index (χ3n) is 10.5. The number of nitrogens with zero attached hydrogens (tertiary/aromatic N) is 1. The quantitative estimate of drug-likeness (QED) is 0.0837. The first-order valence-corrected chi connectivity index (χ1v) is 20.0. The molecule has 0 saturated carbocycles. The molecule has 2 amide bonds. The number of likely N-dealkylation sites (tertiary alicyclic amines) is 1. The van der Waals surface area contributed by atoms with Crippen LogP contribution in [0.25, 0.3) is 0 Å². The van der Waals surface area contributed by atoms with Crippen LogP contribution in [0.4, 0.5) is 25.0 Å². The molecule has 4 aromatic carbocycles. The number of phenols is 2. The molecule has 298 valence electrons. The molecule has 4 aliphatic heterocycles. The number of fused-ring (bicyclic) bond motifs is 2. The average Bonchev–Trinajstić information content (AvgIpc) is 3.20. The fourth-order valence-electron chi connectivity index (χ4n) is 7.36. The minimum Gasteiger partial charge on any atom is -0.508 e.